The summed E-state index contributed by atoms with van der Waals surface area (Å²) in [4.78, 5) is 0. The molecule has 0 unspecified atom stereocenters. The normalized spacial score (nSPS) is 10.4. The van der Waals surface area contributed by atoms with Gasteiger partial charge in [0.05, 0.1) is 6.20 Å². The third kappa shape index (κ3) is 9.82. The topological polar surface area (TPSA) is 53.9 Å². The molecular weight excluding hydrogens is 502 g/mol. The first-order valence-corrected chi connectivity index (χ1v) is 13.7. The molecule has 0 bridgehead atoms. The Morgan fingerprint density at radius 1 is 0.829 bits per heavy atom. The predicted octanol–water partition coefficient (Wildman–Crippen LogP) is 8.00. The fourth-order valence-electron chi connectivity index (χ4n) is 4.05. The van der Waals surface area contributed by atoms with Crippen LogP contribution in [0.5, 0.6) is 0 Å². The van der Waals surface area contributed by atoms with Gasteiger partial charge in [-0.25, -0.2) is 4.68 Å². The van der Waals surface area contributed by atoms with E-state index in [0.717, 1.165) is 46.0 Å². The molecular formula is C36H45N5. The first kappa shape index (κ1) is 32.6. The van der Waals surface area contributed by atoms with Crippen molar-refractivity contribution in [3.63, 3.8) is 0 Å². The van der Waals surface area contributed by atoms with Gasteiger partial charge in [-0.2, -0.15) is 5.10 Å². The first-order chi connectivity index (χ1) is 19.9. The molecule has 1 aromatic heterocycles. The Bertz CT molecular complexity index is 1410. The average molecular weight is 548 g/mol. The zero-order chi connectivity index (χ0) is 30.2. The van der Waals surface area contributed by atoms with Crippen molar-refractivity contribution in [3.05, 3.63) is 150 Å². The standard InChI is InChI=1S/C25H30N4.C9H11N.C2H4/c1-18-8-6-7-9-24(18)19(2)14-25(29-21(4)20(3)15-28-29)27-17-23-12-10-22(11-13-23)16-26-5;1-3-8-4-6-9(10-2)7-5-8;1-2/h6-15,26-27H,2,16-17H2,1,3-5H3;3-7,10H,1H2,2H3;1-2H2/b25-14-;;. The second kappa shape index (κ2) is 17.2. The summed E-state index contributed by atoms with van der Waals surface area (Å²) in [6.07, 6.45) is 5.81. The minimum Gasteiger partial charge on any atom is -0.388 e. The van der Waals surface area contributed by atoms with Crippen LogP contribution in [0.25, 0.3) is 17.5 Å². The summed E-state index contributed by atoms with van der Waals surface area (Å²) < 4.78 is 1.95. The second-order valence-electron chi connectivity index (χ2n) is 9.47. The largest absolute Gasteiger partial charge is 0.388 e. The van der Waals surface area contributed by atoms with Crippen LogP contribution in [0, 0.1) is 20.8 Å². The van der Waals surface area contributed by atoms with E-state index in [2.05, 4.69) is 111 Å². The number of rotatable bonds is 10. The van der Waals surface area contributed by atoms with E-state index < -0.39 is 0 Å². The molecule has 3 N–H and O–H groups in total. The molecule has 0 aliphatic carbocycles. The van der Waals surface area contributed by atoms with Crippen molar-refractivity contribution in [2.75, 3.05) is 19.4 Å². The van der Waals surface area contributed by atoms with Crippen molar-refractivity contribution < 1.29 is 0 Å². The molecule has 0 fully saturated rings. The Kier molecular flexibility index (Phi) is 13.6. The summed E-state index contributed by atoms with van der Waals surface area (Å²) in [5, 5.41) is 14.4. The Balaban J connectivity index is 0.000000410. The number of aryl methyl sites for hydroxylation is 2. The van der Waals surface area contributed by atoms with E-state index in [-0.39, 0.29) is 0 Å². The molecule has 3 aromatic carbocycles. The van der Waals surface area contributed by atoms with E-state index in [4.69, 9.17) is 0 Å². The molecule has 41 heavy (non-hydrogen) atoms. The zero-order valence-corrected chi connectivity index (χ0v) is 25.3. The van der Waals surface area contributed by atoms with Crippen LogP contribution < -0.4 is 16.0 Å². The molecule has 214 valence electrons. The average Bonchev–Trinajstić information content (AvgIpc) is 3.35. The number of anilines is 1. The maximum Gasteiger partial charge on any atom is 0.128 e. The fraction of sp³-hybridized carbons (Fsp3) is 0.194. The van der Waals surface area contributed by atoms with Crippen LogP contribution in [0.4, 0.5) is 5.69 Å². The molecule has 5 nitrogen and oxygen atoms in total. The third-order valence-electron chi connectivity index (χ3n) is 6.60. The minimum atomic E-state index is 0.713. The van der Waals surface area contributed by atoms with Gasteiger partial charge in [-0.15, -0.1) is 13.2 Å². The highest BCUT2D eigenvalue weighted by Crippen LogP contribution is 2.21. The highest BCUT2D eigenvalue weighted by atomic mass is 15.3. The van der Waals surface area contributed by atoms with Crippen LogP contribution in [-0.4, -0.2) is 23.9 Å². The van der Waals surface area contributed by atoms with Gasteiger partial charge in [-0.05, 0) is 85.0 Å². The van der Waals surface area contributed by atoms with Gasteiger partial charge >= 0.3 is 0 Å². The Labute approximate surface area is 247 Å². The molecule has 0 radical (unpaired) electrons. The van der Waals surface area contributed by atoms with Gasteiger partial charge in [0.2, 0.25) is 0 Å². The maximum absolute atomic E-state index is 4.57. The van der Waals surface area contributed by atoms with Gasteiger partial charge in [0, 0.05) is 31.5 Å². The van der Waals surface area contributed by atoms with E-state index in [1.165, 1.54) is 16.7 Å². The molecule has 0 atom stereocenters. The Morgan fingerprint density at radius 3 is 1.95 bits per heavy atom. The highest BCUT2D eigenvalue weighted by Gasteiger charge is 2.10. The number of nitrogens with zero attached hydrogens (tertiary/aromatic N) is 2. The van der Waals surface area contributed by atoms with E-state index in [1.807, 2.05) is 67.4 Å². The number of hydrogen-bond donors (Lipinski definition) is 3. The summed E-state index contributed by atoms with van der Waals surface area (Å²) in [7, 11) is 3.87. The van der Waals surface area contributed by atoms with Gasteiger partial charge in [0.25, 0.3) is 0 Å². The molecule has 0 amide bonds. The van der Waals surface area contributed by atoms with Gasteiger partial charge in [-0.1, -0.05) is 79.9 Å². The van der Waals surface area contributed by atoms with Crippen molar-refractivity contribution in [1.82, 2.24) is 20.4 Å². The lowest BCUT2D eigenvalue weighted by Gasteiger charge is -2.15. The molecule has 4 rings (SSSR count). The Morgan fingerprint density at radius 2 is 1.44 bits per heavy atom. The third-order valence-corrected chi connectivity index (χ3v) is 6.60. The molecule has 0 aliphatic heterocycles. The van der Waals surface area contributed by atoms with Crippen LogP contribution in [0.15, 0.2) is 111 Å². The number of benzene rings is 3. The number of hydrogen-bond acceptors (Lipinski definition) is 4. The van der Waals surface area contributed by atoms with Crippen LogP contribution in [0.1, 0.15) is 39.1 Å². The lowest BCUT2D eigenvalue weighted by molar-refractivity contribution is 0.755. The first-order valence-electron chi connectivity index (χ1n) is 13.7. The summed E-state index contributed by atoms with van der Waals surface area (Å²) in [5.74, 6) is 0.920. The van der Waals surface area contributed by atoms with Crippen molar-refractivity contribution in [3.8, 4) is 0 Å². The monoisotopic (exact) mass is 547 g/mol. The van der Waals surface area contributed by atoms with Crippen molar-refractivity contribution >= 4 is 23.2 Å². The molecule has 0 saturated heterocycles. The lowest BCUT2D eigenvalue weighted by Crippen LogP contribution is -2.19. The minimum absolute atomic E-state index is 0.713. The van der Waals surface area contributed by atoms with Crippen molar-refractivity contribution in [1.29, 1.82) is 0 Å². The van der Waals surface area contributed by atoms with E-state index in [1.54, 1.807) is 0 Å². The van der Waals surface area contributed by atoms with E-state index in [9.17, 15) is 0 Å². The smallest absolute Gasteiger partial charge is 0.128 e. The fourth-order valence-corrected chi connectivity index (χ4v) is 4.05. The SMILES string of the molecule is C=C.C=C(/C=C(/NCc1ccc(CNC)cc1)n1ncc(C)c1C)c1ccccc1C.C=Cc1ccc(NC)cc1. The second-order valence-corrected chi connectivity index (χ2v) is 9.47. The molecule has 1 heterocycles. The predicted molar refractivity (Wildman–Crippen MR) is 180 cm³/mol. The van der Waals surface area contributed by atoms with Gasteiger partial charge in [0.1, 0.15) is 5.82 Å². The summed E-state index contributed by atoms with van der Waals surface area (Å²) in [6, 6.07) is 25.1. The quantitative estimate of drug-likeness (QED) is 0.139. The van der Waals surface area contributed by atoms with E-state index >= 15 is 0 Å². The molecule has 5 heteroatoms. The van der Waals surface area contributed by atoms with Crippen LogP contribution in [0.2, 0.25) is 0 Å². The van der Waals surface area contributed by atoms with Gasteiger partial charge in [0.15, 0.2) is 0 Å². The summed E-state index contributed by atoms with van der Waals surface area (Å²) in [6.45, 7) is 21.8. The highest BCUT2D eigenvalue weighted by molar-refractivity contribution is 5.79. The zero-order valence-electron chi connectivity index (χ0n) is 25.3. The summed E-state index contributed by atoms with van der Waals surface area (Å²) >= 11 is 0. The van der Waals surface area contributed by atoms with Crippen LogP contribution in [0.3, 0.4) is 0 Å². The van der Waals surface area contributed by atoms with Crippen molar-refractivity contribution in [2.45, 2.75) is 33.9 Å². The van der Waals surface area contributed by atoms with Crippen LogP contribution in [-0.2, 0) is 13.1 Å². The van der Waals surface area contributed by atoms with Crippen molar-refractivity contribution in [2.24, 2.45) is 0 Å². The van der Waals surface area contributed by atoms with Gasteiger partial charge < -0.3 is 16.0 Å². The molecule has 0 saturated carbocycles. The number of nitrogens with one attached hydrogen (secondary N) is 3. The maximum atomic E-state index is 4.57. The van der Waals surface area contributed by atoms with Gasteiger partial charge in [-0.3, -0.25) is 0 Å². The van der Waals surface area contributed by atoms with E-state index in [0.29, 0.717) is 6.54 Å². The molecule has 0 aliphatic rings. The number of aromatic nitrogens is 2. The number of allylic oxidation sites excluding steroid dienone is 2. The lowest BCUT2D eigenvalue weighted by atomic mass is 10.0. The Hall–Kier alpha value is -4.61. The van der Waals surface area contributed by atoms with Crippen LogP contribution >= 0.6 is 0 Å². The summed E-state index contributed by atoms with van der Waals surface area (Å²) in [5.41, 5.74) is 10.4. The molecule has 4 aromatic rings. The molecule has 0 spiro atoms.